The summed E-state index contributed by atoms with van der Waals surface area (Å²) < 4.78 is 6.50. The number of hydrogen-bond acceptors (Lipinski definition) is 5. The van der Waals surface area contributed by atoms with E-state index in [0.29, 0.717) is 16.1 Å². The predicted molar refractivity (Wildman–Crippen MR) is 82.4 cm³/mol. The first-order chi connectivity index (χ1) is 9.72. The largest absolute Gasteiger partial charge is 0.426 e. The van der Waals surface area contributed by atoms with Gasteiger partial charge in [-0.25, -0.2) is 15.0 Å². The van der Waals surface area contributed by atoms with Crippen LogP contribution < -0.4 is 4.74 Å². The maximum absolute atomic E-state index is 5.82. The second-order valence-electron chi connectivity index (χ2n) is 3.75. The molecule has 0 aliphatic rings. The van der Waals surface area contributed by atoms with Crippen LogP contribution in [0.4, 0.5) is 0 Å². The van der Waals surface area contributed by atoms with E-state index < -0.39 is 0 Å². The summed E-state index contributed by atoms with van der Waals surface area (Å²) in [5.41, 5.74) is 1.74. The third kappa shape index (κ3) is 2.98. The van der Waals surface area contributed by atoms with Crippen molar-refractivity contribution in [2.24, 2.45) is 0 Å². The number of rotatable bonds is 3. The van der Waals surface area contributed by atoms with Crippen LogP contribution in [0.15, 0.2) is 46.6 Å². The van der Waals surface area contributed by atoms with E-state index in [9.17, 15) is 0 Å². The smallest absolute Gasteiger partial charge is 0.225 e. The number of nitrogens with zero attached hydrogens (tertiary/aromatic N) is 3. The Bertz CT molecular complexity index is 735. The van der Waals surface area contributed by atoms with E-state index in [2.05, 4.69) is 30.9 Å². The lowest BCUT2D eigenvalue weighted by Gasteiger charge is -2.04. The molecule has 0 N–H and O–H groups in total. The van der Waals surface area contributed by atoms with Crippen LogP contribution in [-0.4, -0.2) is 15.0 Å². The molecule has 20 heavy (non-hydrogen) atoms. The molecule has 0 atom stereocenters. The molecule has 1 aromatic carbocycles. The molecule has 4 nitrogen and oxygen atoms in total. The molecule has 100 valence electrons. The average Bonchev–Trinajstić information content (AvgIpc) is 2.80. The maximum Gasteiger partial charge on any atom is 0.225 e. The first-order valence-electron chi connectivity index (χ1n) is 5.59. The fourth-order valence-corrected chi connectivity index (χ4v) is 3.03. The first-order valence-corrected chi connectivity index (χ1v) is 7.58. The summed E-state index contributed by atoms with van der Waals surface area (Å²) in [6, 6.07) is 11.4. The summed E-state index contributed by atoms with van der Waals surface area (Å²) in [5, 5.41) is 0.984. The Morgan fingerprint density at radius 2 is 1.95 bits per heavy atom. The zero-order chi connectivity index (χ0) is 13.9. The van der Waals surface area contributed by atoms with Crippen molar-refractivity contribution in [2.75, 3.05) is 0 Å². The minimum absolute atomic E-state index is 0.333. The van der Waals surface area contributed by atoms with Gasteiger partial charge in [-0.15, -0.1) is 0 Å². The molecule has 7 heteroatoms. The molecule has 0 bridgehead atoms. The van der Waals surface area contributed by atoms with Crippen molar-refractivity contribution in [3.05, 3.63) is 51.8 Å². The Morgan fingerprint density at radius 3 is 2.70 bits per heavy atom. The van der Waals surface area contributed by atoms with Crippen LogP contribution in [-0.2, 0) is 0 Å². The maximum atomic E-state index is 5.82. The van der Waals surface area contributed by atoms with Crippen LogP contribution in [0.2, 0.25) is 5.15 Å². The molecule has 0 saturated heterocycles. The normalized spacial score (nSPS) is 10.5. The van der Waals surface area contributed by atoms with Crippen LogP contribution in [0.25, 0.3) is 11.3 Å². The van der Waals surface area contributed by atoms with E-state index in [1.54, 1.807) is 6.07 Å². The van der Waals surface area contributed by atoms with Gasteiger partial charge in [0, 0.05) is 11.6 Å². The Morgan fingerprint density at radius 1 is 1.15 bits per heavy atom. The Hall–Kier alpha value is -1.50. The van der Waals surface area contributed by atoms with E-state index >= 15 is 0 Å². The molecule has 0 fully saturated rings. The van der Waals surface area contributed by atoms with E-state index in [1.165, 1.54) is 17.7 Å². The third-order valence-corrected chi connectivity index (χ3v) is 4.01. The van der Waals surface area contributed by atoms with Gasteiger partial charge in [0.05, 0.1) is 0 Å². The molecule has 0 aliphatic heterocycles. The van der Waals surface area contributed by atoms with Crippen molar-refractivity contribution in [1.29, 1.82) is 0 Å². The molecular weight excluding hydrogens is 362 g/mol. The molecule has 0 radical (unpaired) electrons. The number of halogens is 2. The molecule has 0 saturated carbocycles. The summed E-state index contributed by atoms with van der Waals surface area (Å²) in [4.78, 5) is 12.3. The van der Waals surface area contributed by atoms with E-state index in [4.69, 9.17) is 16.3 Å². The van der Waals surface area contributed by atoms with Gasteiger partial charge in [0.15, 0.2) is 3.92 Å². The van der Waals surface area contributed by atoms with Gasteiger partial charge in [-0.2, -0.15) is 0 Å². The van der Waals surface area contributed by atoms with Gasteiger partial charge in [-0.05, 0) is 15.9 Å². The van der Waals surface area contributed by atoms with Crippen molar-refractivity contribution in [3.63, 3.8) is 0 Å². The molecule has 2 aromatic heterocycles. The Labute approximate surface area is 132 Å². The van der Waals surface area contributed by atoms with Gasteiger partial charge in [0.1, 0.15) is 17.2 Å². The second-order valence-corrected chi connectivity index (χ2v) is 6.37. The fraction of sp³-hybridized carbons (Fsp3) is 0. The molecule has 3 aromatic rings. The van der Waals surface area contributed by atoms with Crippen molar-refractivity contribution < 1.29 is 4.74 Å². The lowest BCUT2D eigenvalue weighted by Crippen LogP contribution is -1.89. The van der Waals surface area contributed by atoms with Gasteiger partial charge in [-0.1, -0.05) is 53.3 Å². The van der Waals surface area contributed by atoms with Crippen LogP contribution >= 0.6 is 38.9 Å². The van der Waals surface area contributed by atoms with E-state index in [0.717, 1.165) is 15.2 Å². The number of aromatic nitrogens is 3. The third-order valence-electron chi connectivity index (χ3n) is 2.42. The predicted octanol–water partition coefficient (Wildman–Crippen LogP) is 4.81. The number of thiazole rings is 1. The zero-order valence-corrected chi connectivity index (χ0v) is 13.1. The highest BCUT2D eigenvalue weighted by atomic mass is 79.9. The van der Waals surface area contributed by atoms with Crippen molar-refractivity contribution in [1.82, 2.24) is 15.0 Å². The van der Waals surface area contributed by atoms with Gasteiger partial charge in [0.2, 0.25) is 10.9 Å². The Kier molecular flexibility index (Phi) is 3.95. The van der Waals surface area contributed by atoms with E-state index in [1.807, 2.05) is 30.3 Å². The summed E-state index contributed by atoms with van der Waals surface area (Å²) in [6.07, 6.45) is 1.36. The highest BCUT2D eigenvalue weighted by Gasteiger charge is 2.14. The minimum Gasteiger partial charge on any atom is -0.426 e. The fourth-order valence-electron chi connectivity index (χ4n) is 1.60. The summed E-state index contributed by atoms with van der Waals surface area (Å²) in [6.45, 7) is 0. The number of hydrogen-bond donors (Lipinski definition) is 0. The molecule has 0 amide bonds. The van der Waals surface area contributed by atoms with Crippen LogP contribution in [0.5, 0.6) is 10.9 Å². The van der Waals surface area contributed by atoms with Crippen molar-refractivity contribution in [3.8, 4) is 22.2 Å². The highest BCUT2D eigenvalue weighted by Crippen LogP contribution is 2.39. The lowest BCUT2D eigenvalue weighted by molar-refractivity contribution is 0.475. The SMILES string of the molecule is Clc1cc(Oc2sc(Br)nc2-c2ccccc2)ncn1. The quantitative estimate of drug-likeness (QED) is 0.623. The average molecular weight is 369 g/mol. The molecule has 0 spiro atoms. The summed E-state index contributed by atoms with van der Waals surface area (Å²) in [7, 11) is 0. The monoisotopic (exact) mass is 367 g/mol. The van der Waals surface area contributed by atoms with Gasteiger partial charge in [-0.3, -0.25) is 0 Å². The van der Waals surface area contributed by atoms with Gasteiger partial charge in [0.25, 0.3) is 0 Å². The highest BCUT2D eigenvalue weighted by molar-refractivity contribution is 9.11. The number of benzene rings is 1. The van der Waals surface area contributed by atoms with Crippen molar-refractivity contribution in [2.45, 2.75) is 0 Å². The Balaban J connectivity index is 1.98. The number of ether oxygens (including phenoxy) is 1. The van der Waals surface area contributed by atoms with Gasteiger partial charge >= 0.3 is 0 Å². The standard InChI is InChI=1S/C13H7BrClN3OS/c14-13-18-11(8-4-2-1-3-5-8)12(20-13)19-10-6-9(15)16-7-17-10/h1-7H. The lowest BCUT2D eigenvalue weighted by atomic mass is 10.2. The molecule has 3 rings (SSSR count). The summed E-state index contributed by atoms with van der Waals surface area (Å²) >= 11 is 10.6. The van der Waals surface area contributed by atoms with Crippen LogP contribution in [0.1, 0.15) is 0 Å². The summed E-state index contributed by atoms with van der Waals surface area (Å²) in [5.74, 6) is 0.387. The van der Waals surface area contributed by atoms with Crippen molar-refractivity contribution >= 4 is 38.9 Å². The first kappa shape index (κ1) is 13.5. The molecule has 2 heterocycles. The van der Waals surface area contributed by atoms with Crippen LogP contribution in [0.3, 0.4) is 0 Å². The minimum atomic E-state index is 0.333. The van der Waals surface area contributed by atoms with E-state index in [-0.39, 0.29) is 0 Å². The zero-order valence-electron chi connectivity index (χ0n) is 9.96. The second kappa shape index (κ2) is 5.87. The molecular formula is C13H7BrClN3OS. The van der Waals surface area contributed by atoms with Crippen LogP contribution in [0, 0.1) is 0 Å². The topological polar surface area (TPSA) is 47.9 Å². The molecule has 0 unspecified atom stereocenters. The molecule has 0 aliphatic carbocycles. The van der Waals surface area contributed by atoms with Gasteiger partial charge < -0.3 is 4.74 Å².